The lowest BCUT2D eigenvalue weighted by Crippen LogP contribution is -2.55. The summed E-state index contributed by atoms with van der Waals surface area (Å²) in [5.41, 5.74) is 2.49. The highest BCUT2D eigenvalue weighted by atomic mass is 35.5. The molecule has 4 heterocycles. The van der Waals surface area contributed by atoms with Crippen molar-refractivity contribution in [2.45, 2.75) is 69.9 Å². The summed E-state index contributed by atoms with van der Waals surface area (Å²) in [6, 6.07) is 2.42. The molecule has 2 saturated heterocycles. The molecule has 182 valence electrons. The van der Waals surface area contributed by atoms with Gasteiger partial charge in [-0.15, -0.1) is 12.4 Å². The molecule has 3 aliphatic heterocycles. The van der Waals surface area contributed by atoms with Crippen molar-refractivity contribution >= 4 is 38.2 Å². The van der Waals surface area contributed by atoms with Crippen molar-refractivity contribution in [1.29, 1.82) is 0 Å². The highest BCUT2D eigenvalue weighted by Crippen LogP contribution is 2.32. The van der Waals surface area contributed by atoms with E-state index in [0.717, 1.165) is 37.5 Å². The maximum Gasteiger partial charge on any atom is 0.273 e. The minimum Gasteiger partial charge on any atom is -0.361 e. The molecule has 3 amide bonds. The summed E-state index contributed by atoms with van der Waals surface area (Å²) < 4.78 is 5.67. The highest BCUT2D eigenvalue weighted by Gasteiger charge is 2.43. The molecule has 1 unspecified atom stereocenters. The molecule has 8 nitrogen and oxygen atoms in total. The Kier molecular flexibility index (Phi) is 8.31. The number of pyridine rings is 1. The van der Waals surface area contributed by atoms with Gasteiger partial charge in [-0.3, -0.25) is 24.3 Å². The van der Waals surface area contributed by atoms with Crippen LogP contribution >= 0.6 is 12.4 Å². The second kappa shape index (κ2) is 10.6. The number of carbonyl (C=O) groups is 3. The van der Waals surface area contributed by atoms with Crippen molar-refractivity contribution < 1.29 is 19.1 Å². The fourth-order valence-corrected chi connectivity index (χ4v) is 5.40. The van der Waals surface area contributed by atoms with E-state index in [9.17, 15) is 14.4 Å². The molecule has 1 atom stereocenters. The molecule has 0 radical (unpaired) electrons. The maximum absolute atomic E-state index is 13.1. The van der Waals surface area contributed by atoms with Gasteiger partial charge in [-0.25, -0.2) is 0 Å². The van der Waals surface area contributed by atoms with Gasteiger partial charge in [-0.05, 0) is 55.9 Å². The lowest BCUT2D eigenvalue weighted by atomic mass is 9.90. The van der Waals surface area contributed by atoms with Crippen molar-refractivity contribution in [2.75, 3.05) is 26.4 Å². The average molecular weight is 495 g/mol. The van der Waals surface area contributed by atoms with Crippen LogP contribution in [-0.4, -0.2) is 73.0 Å². The summed E-state index contributed by atoms with van der Waals surface area (Å²) in [6.07, 6.45) is 4.54. The van der Waals surface area contributed by atoms with E-state index in [2.05, 4.69) is 36.0 Å². The van der Waals surface area contributed by atoms with Crippen LogP contribution in [0.3, 0.4) is 0 Å². The molecule has 0 saturated carbocycles. The summed E-state index contributed by atoms with van der Waals surface area (Å²) in [4.78, 5) is 45.8. The maximum atomic E-state index is 13.1. The summed E-state index contributed by atoms with van der Waals surface area (Å²) >= 11 is 0. The Bertz CT molecular complexity index is 901. The quantitative estimate of drug-likeness (QED) is 0.356. The van der Waals surface area contributed by atoms with E-state index in [1.54, 1.807) is 4.90 Å². The van der Waals surface area contributed by atoms with Gasteiger partial charge in [-0.2, -0.15) is 0 Å². The highest BCUT2D eigenvalue weighted by molar-refractivity contribution is 6.76. The summed E-state index contributed by atoms with van der Waals surface area (Å²) in [5.74, 6) is -0.330. The monoisotopic (exact) mass is 494 g/mol. The lowest BCUT2D eigenvalue weighted by molar-refractivity contribution is -0.158. The summed E-state index contributed by atoms with van der Waals surface area (Å²) in [7, 11) is -1.25. The molecule has 4 rings (SSSR count). The molecule has 0 aliphatic carbocycles. The third-order valence-corrected chi connectivity index (χ3v) is 8.38. The zero-order chi connectivity index (χ0) is 22.9. The van der Waals surface area contributed by atoms with Crippen LogP contribution in [0.4, 0.5) is 0 Å². The molecule has 10 heteroatoms. The molecular formula is C23H35ClN4O4Si. The van der Waals surface area contributed by atoms with E-state index in [1.165, 1.54) is 10.5 Å². The number of ether oxygens (including phenoxy) is 1. The SMILES string of the molecule is C[Si](C)(C)CCOCN1C(=O)CCC(N2Cc3cc(C4CCNCC4)cnc3C2=O)C1=O.Cl. The molecule has 33 heavy (non-hydrogen) atoms. The molecule has 0 aromatic carbocycles. The van der Waals surface area contributed by atoms with E-state index in [0.29, 0.717) is 31.2 Å². The molecule has 0 bridgehead atoms. The van der Waals surface area contributed by atoms with Crippen molar-refractivity contribution in [3.63, 3.8) is 0 Å². The average Bonchev–Trinajstić information content (AvgIpc) is 3.08. The van der Waals surface area contributed by atoms with E-state index < -0.39 is 14.1 Å². The van der Waals surface area contributed by atoms with Crippen LogP contribution in [0.1, 0.15) is 53.2 Å². The number of hydrogen-bond donors (Lipinski definition) is 1. The first-order valence-electron chi connectivity index (χ1n) is 11.7. The first-order chi connectivity index (χ1) is 15.2. The zero-order valence-corrected chi connectivity index (χ0v) is 21.6. The number of likely N-dealkylation sites (tertiary alicyclic amines) is 1. The summed E-state index contributed by atoms with van der Waals surface area (Å²) in [6.45, 7) is 9.62. The summed E-state index contributed by atoms with van der Waals surface area (Å²) in [5, 5.41) is 3.37. The van der Waals surface area contributed by atoms with Crippen molar-refractivity contribution in [3.8, 4) is 0 Å². The second-order valence-electron chi connectivity index (χ2n) is 10.3. The Morgan fingerprint density at radius 1 is 1.15 bits per heavy atom. The number of nitrogens with one attached hydrogen (secondary N) is 1. The lowest BCUT2D eigenvalue weighted by Gasteiger charge is -2.35. The Balaban J connectivity index is 0.00000306. The normalized spacial score (nSPS) is 21.9. The van der Waals surface area contributed by atoms with Gasteiger partial charge < -0.3 is 15.0 Å². The van der Waals surface area contributed by atoms with E-state index in [4.69, 9.17) is 4.74 Å². The van der Waals surface area contributed by atoms with Gasteiger partial charge >= 0.3 is 0 Å². The molecule has 3 aliphatic rings. The van der Waals surface area contributed by atoms with Gasteiger partial charge in [-0.1, -0.05) is 19.6 Å². The number of halogens is 1. The van der Waals surface area contributed by atoms with Crippen LogP contribution in [0.5, 0.6) is 0 Å². The fraction of sp³-hybridized carbons (Fsp3) is 0.652. The largest absolute Gasteiger partial charge is 0.361 e. The van der Waals surface area contributed by atoms with E-state index in [1.807, 2.05) is 6.20 Å². The number of aromatic nitrogens is 1. The number of carbonyl (C=O) groups excluding carboxylic acids is 3. The number of fused-ring (bicyclic) bond motifs is 1. The zero-order valence-electron chi connectivity index (χ0n) is 19.8. The standard InChI is InChI=1S/C23H34N4O4Si.ClH/c1-32(2,3)11-10-31-15-27-20(28)5-4-19(22(27)29)26-14-18-12-17(13-25-21(18)23(26)30)16-6-8-24-9-7-16;/h12-13,16,19,24H,4-11,14-15H2,1-3H3;1H. The third kappa shape index (κ3) is 5.82. The van der Waals surface area contributed by atoms with Gasteiger partial charge in [0, 0.05) is 39.4 Å². The fourth-order valence-electron chi connectivity index (χ4n) is 4.64. The molecular weight excluding hydrogens is 460 g/mol. The van der Waals surface area contributed by atoms with Gasteiger partial charge in [0.15, 0.2) is 0 Å². The van der Waals surface area contributed by atoms with Crippen molar-refractivity contribution in [2.24, 2.45) is 0 Å². The van der Waals surface area contributed by atoms with Crippen LogP contribution in [0, 0.1) is 0 Å². The number of hydrogen-bond acceptors (Lipinski definition) is 6. The number of piperidine rings is 2. The smallest absolute Gasteiger partial charge is 0.273 e. The van der Waals surface area contributed by atoms with Crippen LogP contribution in [0.25, 0.3) is 0 Å². The van der Waals surface area contributed by atoms with Gasteiger partial charge in [0.05, 0.1) is 0 Å². The Morgan fingerprint density at radius 2 is 1.88 bits per heavy atom. The molecule has 1 aromatic heterocycles. The minimum absolute atomic E-state index is 0. The Morgan fingerprint density at radius 3 is 2.58 bits per heavy atom. The Labute approximate surface area is 202 Å². The molecule has 1 N–H and O–H groups in total. The number of imide groups is 1. The van der Waals surface area contributed by atoms with Gasteiger partial charge in [0.2, 0.25) is 5.91 Å². The third-order valence-electron chi connectivity index (χ3n) is 6.68. The van der Waals surface area contributed by atoms with Gasteiger partial charge in [0.1, 0.15) is 18.5 Å². The predicted octanol–water partition coefficient (Wildman–Crippen LogP) is 2.76. The van der Waals surface area contributed by atoms with Crippen LogP contribution in [0.2, 0.25) is 25.7 Å². The van der Waals surface area contributed by atoms with Gasteiger partial charge in [0.25, 0.3) is 11.8 Å². The van der Waals surface area contributed by atoms with Crippen LogP contribution < -0.4 is 5.32 Å². The molecule has 1 aromatic rings. The van der Waals surface area contributed by atoms with Crippen LogP contribution in [0.15, 0.2) is 12.3 Å². The number of amides is 3. The van der Waals surface area contributed by atoms with Crippen molar-refractivity contribution in [3.05, 3.63) is 29.1 Å². The molecule has 0 spiro atoms. The first-order valence-corrected chi connectivity index (χ1v) is 15.4. The van der Waals surface area contributed by atoms with Crippen molar-refractivity contribution in [1.82, 2.24) is 20.1 Å². The Hall–Kier alpha value is -1.81. The molecule has 2 fully saturated rings. The van der Waals surface area contributed by atoms with E-state index in [-0.39, 0.29) is 43.3 Å². The first kappa shape index (κ1) is 25.8. The predicted molar refractivity (Wildman–Crippen MR) is 130 cm³/mol. The van der Waals surface area contributed by atoms with E-state index >= 15 is 0 Å². The number of nitrogens with zero attached hydrogens (tertiary/aromatic N) is 3. The number of rotatable bonds is 7. The topological polar surface area (TPSA) is 91.8 Å². The second-order valence-corrected chi connectivity index (χ2v) is 15.9. The minimum atomic E-state index is -1.25. The van der Waals surface area contributed by atoms with Crippen LogP contribution in [-0.2, 0) is 20.9 Å².